The average molecular weight is 253 g/mol. The Morgan fingerprint density at radius 3 is 2.94 bits per heavy atom. The van der Waals surface area contributed by atoms with Crippen LogP contribution in [0.2, 0.25) is 5.02 Å². The summed E-state index contributed by atoms with van der Waals surface area (Å²) in [5, 5.41) is 9.23. The van der Waals surface area contributed by atoms with Crippen LogP contribution >= 0.6 is 11.6 Å². The van der Waals surface area contributed by atoms with Gasteiger partial charge >= 0.3 is 5.97 Å². The van der Waals surface area contributed by atoms with Crippen LogP contribution in [-0.2, 0) is 0 Å². The fourth-order valence-electron chi connectivity index (χ4n) is 2.95. The molecule has 2 fully saturated rings. The van der Waals surface area contributed by atoms with E-state index in [0.29, 0.717) is 6.04 Å². The second kappa shape index (κ2) is 3.88. The number of nitrogens with zero attached hydrogens (tertiary/aromatic N) is 2. The maximum absolute atomic E-state index is 11.0. The molecule has 2 aliphatic rings. The van der Waals surface area contributed by atoms with Gasteiger partial charge in [0.05, 0.1) is 10.6 Å². The van der Waals surface area contributed by atoms with E-state index in [1.165, 1.54) is 25.5 Å². The lowest BCUT2D eigenvalue weighted by molar-refractivity contribution is 0.0697. The number of halogens is 1. The molecule has 4 nitrogen and oxygen atoms in total. The molecule has 2 atom stereocenters. The molecule has 0 aromatic carbocycles. The molecule has 2 bridgehead atoms. The van der Waals surface area contributed by atoms with Gasteiger partial charge in [0.2, 0.25) is 0 Å². The largest absolute Gasteiger partial charge is 0.478 e. The minimum absolute atomic E-state index is 0.138. The lowest BCUT2D eigenvalue weighted by Gasteiger charge is -2.28. The Bertz CT molecular complexity index is 478. The summed E-state index contributed by atoms with van der Waals surface area (Å²) in [6.45, 7) is 0.998. The van der Waals surface area contributed by atoms with Crippen molar-refractivity contribution < 1.29 is 9.90 Å². The normalized spacial score (nSPS) is 26.5. The zero-order chi connectivity index (χ0) is 12.0. The summed E-state index contributed by atoms with van der Waals surface area (Å²) in [4.78, 5) is 17.5. The second-order valence-corrected chi connectivity index (χ2v) is 5.22. The molecule has 1 saturated carbocycles. The van der Waals surface area contributed by atoms with Crippen molar-refractivity contribution in [3.8, 4) is 0 Å². The number of rotatable bonds is 2. The van der Waals surface area contributed by atoms with Gasteiger partial charge in [0.25, 0.3) is 0 Å². The molecular formula is C12H13ClN2O2. The van der Waals surface area contributed by atoms with E-state index in [4.69, 9.17) is 16.7 Å². The molecule has 1 saturated heterocycles. The average Bonchev–Trinajstić information content (AvgIpc) is 2.91. The first kappa shape index (κ1) is 10.8. The molecule has 0 amide bonds. The van der Waals surface area contributed by atoms with Crippen LogP contribution in [0.4, 0.5) is 5.82 Å². The lowest BCUT2D eigenvalue weighted by atomic mass is 10.1. The Morgan fingerprint density at radius 1 is 1.53 bits per heavy atom. The number of carboxylic acids is 1. The molecule has 1 aromatic rings. The van der Waals surface area contributed by atoms with Crippen molar-refractivity contribution in [2.24, 2.45) is 5.92 Å². The molecule has 1 aliphatic carbocycles. The van der Waals surface area contributed by atoms with E-state index < -0.39 is 5.97 Å². The molecule has 2 unspecified atom stereocenters. The van der Waals surface area contributed by atoms with Gasteiger partial charge in [-0.25, -0.2) is 9.78 Å². The highest BCUT2D eigenvalue weighted by Gasteiger charge is 2.38. The Balaban J connectivity index is 1.93. The number of aromatic carboxylic acids is 1. The van der Waals surface area contributed by atoms with E-state index in [0.717, 1.165) is 18.3 Å². The van der Waals surface area contributed by atoms with Gasteiger partial charge < -0.3 is 10.0 Å². The summed E-state index contributed by atoms with van der Waals surface area (Å²) in [7, 11) is 0. The van der Waals surface area contributed by atoms with Crippen LogP contribution < -0.4 is 4.90 Å². The van der Waals surface area contributed by atoms with Crippen molar-refractivity contribution in [1.29, 1.82) is 0 Å². The van der Waals surface area contributed by atoms with Crippen LogP contribution in [0.1, 0.15) is 29.6 Å². The van der Waals surface area contributed by atoms with E-state index in [1.54, 1.807) is 6.07 Å². The van der Waals surface area contributed by atoms with E-state index in [9.17, 15) is 4.79 Å². The van der Waals surface area contributed by atoms with Crippen molar-refractivity contribution >= 4 is 23.4 Å². The summed E-state index contributed by atoms with van der Waals surface area (Å²) in [6.07, 6.45) is 5.14. The third-order valence-corrected chi connectivity index (χ3v) is 4.08. The van der Waals surface area contributed by atoms with Crippen molar-refractivity contribution in [1.82, 2.24) is 4.98 Å². The molecule has 1 N–H and O–H groups in total. The highest BCUT2D eigenvalue weighted by Crippen LogP contribution is 2.39. The highest BCUT2D eigenvalue weighted by atomic mass is 35.5. The summed E-state index contributed by atoms with van der Waals surface area (Å²) < 4.78 is 0. The van der Waals surface area contributed by atoms with Crippen LogP contribution in [-0.4, -0.2) is 28.6 Å². The third-order valence-electron chi connectivity index (χ3n) is 3.77. The molecular weight excluding hydrogens is 240 g/mol. The number of fused-ring (bicyclic) bond motifs is 2. The fraction of sp³-hybridized carbons (Fsp3) is 0.500. The number of hydrogen-bond donors (Lipinski definition) is 1. The molecule has 1 aromatic heterocycles. The molecule has 5 heteroatoms. The minimum Gasteiger partial charge on any atom is -0.478 e. The monoisotopic (exact) mass is 252 g/mol. The fourth-order valence-corrected chi connectivity index (χ4v) is 3.14. The maximum Gasteiger partial charge on any atom is 0.337 e. The van der Waals surface area contributed by atoms with Crippen LogP contribution in [0.25, 0.3) is 0 Å². The SMILES string of the molecule is O=C(O)c1cc(N2CC3CCC2C3)ncc1Cl. The van der Waals surface area contributed by atoms with Gasteiger partial charge in [0.1, 0.15) is 5.82 Å². The Morgan fingerprint density at radius 2 is 2.35 bits per heavy atom. The van der Waals surface area contributed by atoms with Gasteiger partial charge in [0, 0.05) is 18.8 Å². The zero-order valence-electron chi connectivity index (χ0n) is 9.27. The highest BCUT2D eigenvalue weighted by molar-refractivity contribution is 6.33. The van der Waals surface area contributed by atoms with Crippen molar-refractivity contribution in [3.05, 3.63) is 22.8 Å². The number of aromatic nitrogens is 1. The Labute approximate surface area is 104 Å². The Kier molecular flexibility index (Phi) is 2.47. The number of hydrogen-bond acceptors (Lipinski definition) is 3. The van der Waals surface area contributed by atoms with Gasteiger partial charge in [-0.2, -0.15) is 0 Å². The van der Waals surface area contributed by atoms with Gasteiger partial charge in [-0.05, 0) is 31.2 Å². The van der Waals surface area contributed by atoms with Crippen molar-refractivity contribution in [2.75, 3.05) is 11.4 Å². The maximum atomic E-state index is 11.0. The standard InChI is InChI=1S/C12H13ClN2O2/c13-10-5-14-11(4-9(10)12(16)17)15-6-7-1-2-8(15)3-7/h4-5,7-8H,1-3,6H2,(H,16,17). The first-order valence-corrected chi connectivity index (χ1v) is 6.18. The van der Waals surface area contributed by atoms with E-state index in [-0.39, 0.29) is 10.6 Å². The van der Waals surface area contributed by atoms with Crippen molar-refractivity contribution in [2.45, 2.75) is 25.3 Å². The summed E-state index contributed by atoms with van der Waals surface area (Å²) in [5.74, 6) is 0.507. The number of carboxylic acid groups (broad SMARTS) is 1. The summed E-state index contributed by atoms with van der Waals surface area (Å²) in [5.41, 5.74) is 0.138. The zero-order valence-corrected chi connectivity index (χ0v) is 10.0. The molecule has 0 spiro atoms. The number of pyridine rings is 1. The first-order valence-electron chi connectivity index (χ1n) is 5.80. The minimum atomic E-state index is -0.997. The number of anilines is 1. The summed E-state index contributed by atoms with van der Waals surface area (Å²) >= 11 is 5.82. The lowest BCUT2D eigenvalue weighted by Crippen LogP contribution is -2.32. The van der Waals surface area contributed by atoms with E-state index >= 15 is 0 Å². The van der Waals surface area contributed by atoms with Crippen LogP contribution in [0.3, 0.4) is 0 Å². The van der Waals surface area contributed by atoms with Crippen LogP contribution in [0.15, 0.2) is 12.3 Å². The van der Waals surface area contributed by atoms with Crippen LogP contribution in [0.5, 0.6) is 0 Å². The number of piperidine rings is 1. The Hall–Kier alpha value is -1.29. The number of carbonyl (C=O) groups is 1. The van der Waals surface area contributed by atoms with Gasteiger partial charge in [-0.3, -0.25) is 0 Å². The molecule has 90 valence electrons. The molecule has 1 aliphatic heterocycles. The topological polar surface area (TPSA) is 53.4 Å². The molecule has 0 radical (unpaired) electrons. The van der Waals surface area contributed by atoms with Crippen molar-refractivity contribution in [3.63, 3.8) is 0 Å². The first-order chi connectivity index (χ1) is 8.15. The quantitative estimate of drug-likeness (QED) is 0.878. The third kappa shape index (κ3) is 1.76. The van der Waals surface area contributed by atoms with Gasteiger partial charge in [-0.1, -0.05) is 11.6 Å². The summed E-state index contributed by atoms with van der Waals surface area (Å²) in [6, 6.07) is 2.13. The van der Waals surface area contributed by atoms with E-state index in [2.05, 4.69) is 9.88 Å². The van der Waals surface area contributed by atoms with Gasteiger partial charge in [-0.15, -0.1) is 0 Å². The van der Waals surface area contributed by atoms with E-state index in [1.807, 2.05) is 0 Å². The molecule has 3 rings (SSSR count). The predicted molar refractivity (Wildman–Crippen MR) is 64.7 cm³/mol. The smallest absolute Gasteiger partial charge is 0.337 e. The molecule has 17 heavy (non-hydrogen) atoms. The predicted octanol–water partition coefficient (Wildman–Crippen LogP) is 2.42. The molecule has 2 heterocycles. The van der Waals surface area contributed by atoms with Gasteiger partial charge in [0.15, 0.2) is 0 Å². The van der Waals surface area contributed by atoms with Crippen LogP contribution in [0, 0.1) is 5.92 Å². The second-order valence-electron chi connectivity index (χ2n) is 4.81.